The summed E-state index contributed by atoms with van der Waals surface area (Å²) < 4.78 is 34.7. The molecule has 2 heterocycles. The number of aryl methyl sites for hydroxylation is 1. The first kappa shape index (κ1) is 22.2. The number of hydrogen-bond acceptors (Lipinski definition) is 4. The van der Waals surface area contributed by atoms with Crippen LogP contribution >= 0.6 is 11.6 Å². The largest absolute Gasteiger partial charge is 0.486 e. The van der Waals surface area contributed by atoms with Gasteiger partial charge < -0.3 is 20.4 Å². The minimum absolute atomic E-state index is 0.0697. The quantitative estimate of drug-likeness (QED) is 0.309. The monoisotopic (exact) mass is 482 g/mol. The molecule has 0 aliphatic carbocycles. The first-order valence-corrected chi connectivity index (χ1v) is 11.0. The molecule has 1 amide bonds. The third kappa shape index (κ3) is 3.94. The summed E-state index contributed by atoms with van der Waals surface area (Å²) in [6.45, 7) is 5.59. The highest BCUT2D eigenvalue weighted by atomic mass is 35.5. The number of aromatic nitrogens is 2. The van der Waals surface area contributed by atoms with E-state index in [4.69, 9.17) is 16.3 Å². The van der Waals surface area contributed by atoms with E-state index in [1.807, 2.05) is 13.8 Å². The van der Waals surface area contributed by atoms with Gasteiger partial charge in [-0.3, -0.25) is 4.79 Å². The van der Waals surface area contributed by atoms with Gasteiger partial charge in [-0.1, -0.05) is 23.7 Å². The van der Waals surface area contributed by atoms with Gasteiger partial charge in [0.2, 0.25) is 5.95 Å². The summed E-state index contributed by atoms with van der Waals surface area (Å²) in [5.41, 5.74) is 2.47. The minimum atomic E-state index is -0.561. The molecule has 0 atom stereocenters. The van der Waals surface area contributed by atoms with Crippen molar-refractivity contribution in [2.24, 2.45) is 0 Å². The van der Waals surface area contributed by atoms with Crippen LogP contribution in [0, 0.1) is 18.6 Å². The lowest BCUT2D eigenvalue weighted by molar-refractivity contribution is 0.101. The number of carbonyl (C=O) groups excluding carboxylic acids is 1. The predicted octanol–water partition coefficient (Wildman–Crippen LogP) is 6.51. The van der Waals surface area contributed by atoms with Gasteiger partial charge in [0.05, 0.1) is 33.0 Å². The Balaban J connectivity index is 1.57. The molecule has 1 aliphatic heterocycles. The third-order valence-electron chi connectivity index (χ3n) is 5.64. The van der Waals surface area contributed by atoms with Crippen LogP contribution in [0.3, 0.4) is 0 Å². The Morgan fingerprint density at radius 2 is 1.97 bits per heavy atom. The van der Waals surface area contributed by atoms with E-state index in [2.05, 4.69) is 20.6 Å². The van der Waals surface area contributed by atoms with Crippen molar-refractivity contribution in [2.75, 3.05) is 10.6 Å². The fourth-order valence-corrected chi connectivity index (χ4v) is 4.31. The lowest BCUT2D eigenvalue weighted by Crippen LogP contribution is -2.25. The van der Waals surface area contributed by atoms with E-state index in [9.17, 15) is 13.6 Å². The van der Waals surface area contributed by atoms with Gasteiger partial charge in [0.25, 0.3) is 5.91 Å². The Morgan fingerprint density at radius 3 is 2.71 bits per heavy atom. The minimum Gasteiger partial charge on any atom is -0.486 e. The average Bonchev–Trinajstić information content (AvgIpc) is 3.31. The molecule has 0 fully saturated rings. The highest BCUT2D eigenvalue weighted by Gasteiger charge is 2.36. The van der Waals surface area contributed by atoms with Crippen molar-refractivity contribution in [1.82, 2.24) is 9.97 Å². The van der Waals surface area contributed by atoms with Crippen LogP contribution in [0.1, 0.15) is 35.3 Å². The Kier molecular flexibility index (Phi) is 5.20. The Labute approximate surface area is 199 Å². The van der Waals surface area contributed by atoms with Gasteiger partial charge in [-0.05, 0) is 56.7 Å². The molecule has 3 N–H and O–H groups in total. The molecule has 0 unspecified atom stereocenters. The van der Waals surface area contributed by atoms with Gasteiger partial charge in [0, 0.05) is 12.0 Å². The van der Waals surface area contributed by atoms with Crippen LogP contribution in [0.2, 0.25) is 5.02 Å². The molecule has 0 radical (unpaired) electrons. The van der Waals surface area contributed by atoms with Crippen LogP contribution in [0.15, 0.2) is 42.5 Å². The summed E-state index contributed by atoms with van der Waals surface area (Å²) in [6.07, 6.45) is 0.515. The highest BCUT2D eigenvalue weighted by molar-refractivity contribution is 6.33. The Bertz CT molecular complexity index is 1450. The molecule has 0 spiro atoms. The second-order valence-electron chi connectivity index (χ2n) is 8.91. The number of amides is 1. The number of nitrogens with one attached hydrogen (secondary N) is 3. The topological polar surface area (TPSA) is 79.0 Å². The van der Waals surface area contributed by atoms with Crippen molar-refractivity contribution in [3.8, 4) is 5.75 Å². The van der Waals surface area contributed by atoms with Gasteiger partial charge in [-0.2, -0.15) is 0 Å². The predicted molar refractivity (Wildman–Crippen MR) is 128 cm³/mol. The summed E-state index contributed by atoms with van der Waals surface area (Å²) in [4.78, 5) is 20.8. The number of nitrogens with zero attached hydrogens (tertiary/aromatic N) is 1. The van der Waals surface area contributed by atoms with Crippen molar-refractivity contribution in [3.63, 3.8) is 0 Å². The fourth-order valence-electron chi connectivity index (χ4n) is 4.10. The molecule has 9 heteroatoms. The second-order valence-corrected chi connectivity index (χ2v) is 9.32. The summed E-state index contributed by atoms with van der Waals surface area (Å²) in [7, 11) is 0. The summed E-state index contributed by atoms with van der Waals surface area (Å²) in [6, 6.07) is 10.5. The molecule has 1 aliphatic rings. The van der Waals surface area contributed by atoms with Crippen molar-refractivity contribution in [3.05, 3.63) is 75.8 Å². The van der Waals surface area contributed by atoms with Crippen LogP contribution in [-0.2, 0) is 6.42 Å². The van der Waals surface area contributed by atoms with E-state index in [1.165, 1.54) is 24.3 Å². The molecule has 4 aromatic rings. The zero-order valence-electron chi connectivity index (χ0n) is 18.6. The van der Waals surface area contributed by atoms with Crippen LogP contribution < -0.4 is 15.4 Å². The van der Waals surface area contributed by atoms with Crippen molar-refractivity contribution < 1.29 is 18.3 Å². The first-order valence-electron chi connectivity index (χ1n) is 10.6. The molecule has 0 saturated carbocycles. The van der Waals surface area contributed by atoms with E-state index in [0.29, 0.717) is 23.2 Å². The molecule has 6 nitrogen and oxygen atoms in total. The van der Waals surface area contributed by atoms with Crippen molar-refractivity contribution in [1.29, 1.82) is 0 Å². The smallest absolute Gasteiger partial charge is 0.259 e. The SMILES string of the molecule is Cc1ccc(NC(=O)c2cc3nc(Nc4c(F)cccc4Cl)[nH]c3c3c2OC(C)(C)C3)c(F)c1. The second kappa shape index (κ2) is 7.99. The molecule has 5 rings (SSSR count). The van der Waals surface area contributed by atoms with E-state index in [-0.39, 0.29) is 27.9 Å². The summed E-state index contributed by atoms with van der Waals surface area (Å²) in [5.74, 6) is -0.908. The molecule has 1 aromatic heterocycles. The lowest BCUT2D eigenvalue weighted by atomic mass is 9.98. The fraction of sp³-hybridized carbons (Fsp3) is 0.200. The Hall–Kier alpha value is -3.65. The molecule has 0 bridgehead atoms. The Morgan fingerprint density at radius 1 is 1.18 bits per heavy atom. The number of ether oxygens (including phenoxy) is 1. The number of para-hydroxylation sites is 1. The van der Waals surface area contributed by atoms with Gasteiger partial charge >= 0.3 is 0 Å². The number of anilines is 3. The third-order valence-corrected chi connectivity index (χ3v) is 5.95. The molecular formula is C25H21ClF2N4O2. The van der Waals surface area contributed by atoms with Gasteiger partial charge in [0.15, 0.2) is 0 Å². The van der Waals surface area contributed by atoms with Crippen LogP contribution in [0.5, 0.6) is 5.75 Å². The summed E-state index contributed by atoms with van der Waals surface area (Å²) >= 11 is 6.13. The number of rotatable bonds is 4. The number of carbonyl (C=O) groups is 1. The van der Waals surface area contributed by atoms with Crippen molar-refractivity contribution in [2.45, 2.75) is 32.8 Å². The number of benzene rings is 3. The maximum absolute atomic E-state index is 14.3. The molecule has 0 saturated heterocycles. The first-order chi connectivity index (χ1) is 16.1. The van der Waals surface area contributed by atoms with Crippen LogP contribution in [-0.4, -0.2) is 21.5 Å². The molecular weight excluding hydrogens is 462 g/mol. The molecule has 3 aromatic carbocycles. The standard InChI is InChI=1S/C25H21ClF2N4O2/c1-12-7-8-18(17(28)9-12)29-23(33)13-10-19-20(14-11-25(2,3)34-22(13)14)31-24(30-19)32-21-15(26)5-4-6-16(21)27/h4-10H,11H2,1-3H3,(H,29,33)(H2,30,31,32). The highest BCUT2D eigenvalue weighted by Crippen LogP contribution is 2.42. The number of fused-ring (bicyclic) bond motifs is 3. The molecule has 34 heavy (non-hydrogen) atoms. The lowest BCUT2D eigenvalue weighted by Gasteiger charge is -2.18. The van der Waals surface area contributed by atoms with Gasteiger partial charge in [-0.25, -0.2) is 13.8 Å². The number of halogens is 3. The molecule has 174 valence electrons. The zero-order chi connectivity index (χ0) is 24.2. The number of imidazole rings is 1. The van der Waals surface area contributed by atoms with Crippen molar-refractivity contribution >= 4 is 45.9 Å². The van der Waals surface area contributed by atoms with Gasteiger partial charge in [0.1, 0.15) is 23.0 Å². The maximum Gasteiger partial charge on any atom is 0.259 e. The van der Waals surface area contributed by atoms with Crippen LogP contribution in [0.25, 0.3) is 11.0 Å². The number of H-pyrrole nitrogens is 1. The normalized spacial score (nSPS) is 14.1. The number of aromatic amines is 1. The van der Waals surface area contributed by atoms with E-state index in [1.54, 1.807) is 25.1 Å². The van der Waals surface area contributed by atoms with Crippen LogP contribution in [0.4, 0.5) is 26.1 Å². The van der Waals surface area contributed by atoms with E-state index >= 15 is 0 Å². The average molecular weight is 483 g/mol. The van der Waals surface area contributed by atoms with Gasteiger partial charge in [-0.15, -0.1) is 0 Å². The van der Waals surface area contributed by atoms with E-state index < -0.39 is 23.1 Å². The van der Waals surface area contributed by atoms with E-state index in [0.717, 1.165) is 11.1 Å². The summed E-state index contributed by atoms with van der Waals surface area (Å²) in [5, 5.41) is 5.71. The zero-order valence-corrected chi connectivity index (χ0v) is 19.4. The maximum atomic E-state index is 14.3. The number of hydrogen-bond donors (Lipinski definition) is 3.